The molecule has 0 heterocycles. The molecule has 0 saturated carbocycles. The van der Waals surface area contributed by atoms with Crippen molar-refractivity contribution in [3.63, 3.8) is 0 Å². The van der Waals surface area contributed by atoms with Crippen LogP contribution < -0.4 is 5.32 Å². The summed E-state index contributed by atoms with van der Waals surface area (Å²) >= 11 is 7.94. The lowest BCUT2D eigenvalue weighted by atomic mass is 10.2. The van der Waals surface area contributed by atoms with Gasteiger partial charge < -0.3 is 5.32 Å². The van der Waals surface area contributed by atoms with Gasteiger partial charge in [0.15, 0.2) is 0 Å². The Balaban J connectivity index is 2.23. The highest BCUT2D eigenvalue weighted by molar-refractivity contribution is 14.1. The summed E-state index contributed by atoms with van der Waals surface area (Å²) in [6.45, 7) is 0. The minimum absolute atomic E-state index is 0.185. The van der Waals surface area contributed by atoms with E-state index in [1.165, 1.54) is 0 Å². The molecule has 0 aliphatic rings. The van der Waals surface area contributed by atoms with E-state index in [-0.39, 0.29) is 5.91 Å². The maximum absolute atomic E-state index is 12.1. The molecule has 1 N–H and O–H groups in total. The van der Waals surface area contributed by atoms with E-state index in [9.17, 15) is 4.79 Å². The molecule has 0 aliphatic heterocycles. The zero-order valence-electron chi connectivity index (χ0n) is 9.78. The van der Waals surface area contributed by atoms with Gasteiger partial charge in [0.25, 0.3) is 5.91 Å². The maximum Gasteiger partial charge on any atom is 0.256 e. The van der Waals surface area contributed by atoms with E-state index in [0.717, 1.165) is 9.13 Å². The zero-order valence-corrected chi connectivity index (χ0v) is 12.7. The topological polar surface area (TPSA) is 29.1 Å². The van der Waals surface area contributed by atoms with E-state index >= 15 is 0 Å². The van der Waals surface area contributed by atoms with E-state index in [0.29, 0.717) is 16.3 Å². The fraction of sp³-hybridized carbons (Fsp3) is 0. The van der Waals surface area contributed by atoms with Crippen LogP contribution in [0.25, 0.3) is 0 Å². The van der Waals surface area contributed by atoms with Crippen molar-refractivity contribution in [2.24, 2.45) is 0 Å². The Hall–Kier alpha value is -1.51. The van der Waals surface area contributed by atoms with Gasteiger partial charge in [0.1, 0.15) is 0 Å². The molecule has 2 rings (SSSR count). The lowest BCUT2D eigenvalue weighted by molar-refractivity contribution is 0.102. The second-order valence-electron chi connectivity index (χ2n) is 3.80. The van der Waals surface area contributed by atoms with Gasteiger partial charge in [-0.15, -0.1) is 6.42 Å². The summed E-state index contributed by atoms with van der Waals surface area (Å²) in [5.74, 6) is 2.34. The largest absolute Gasteiger partial charge is 0.322 e. The minimum Gasteiger partial charge on any atom is -0.322 e. The molecule has 0 spiro atoms. The molecule has 0 aliphatic carbocycles. The summed E-state index contributed by atoms with van der Waals surface area (Å²) in [6, 6.07) is 12.3. The van der Waals surface area contributed by atoms with Crippen LogP contribution in [-0.4, -0.2) is 5.91 Å². The first-order valence-corrected chi connectivity index (χ1v) is 6.89. The van der Waals surface area contributed by atoms with Crippen LogP contribution in [0.15, 0.2) is 42.5 Å². The Morgan fingerprint density at radius 2 is 2.05 bits per heavy atom. The molecule has 0 radical (unpaired) electrons. The van der Waals surface area contributed by atoms with E-state index in [4.69, 9.17) is 18.0 Å². The summed E-state index contributed by atoms with van der Waals surface area (Å²) in [4.78, 5) is 12.1. The standard InChI is InChI=1S/C15H9ClINO/c1-2-10-4-3-5-12(8-10)18-15(19)13-7-6-11(16)9-14(13)17/h1,3-9H,(H,18,19). The molecule has 19 heavy (non-hydrogen) atoms. The van der Waals surface area contributed by atoms with Crippen LogP contribution in [0.2, 0.25) is 5.02 Å². The minimum atomic E-state index is -0.185. The monoisotopic (exact) mass is 381 g/mol. The van der Waals surface area contributed by atoms with Crippen LogP contribution in [-0.2, 0) is 0 Å². The molecular formula is C15H9ClINO. The van der Waals surface area contributed by atoms with E-state index in [1.807, 2.05) is 6.07 Å². The number of amides is 1. The van der Waals surface area contributed by atoms with Crippen molar-refractivity contribution >= 4 is 45.8 Å². The number of hydrogen-bond acceptors (Lipinski definition) is 1. The van der Waals surface area contributed by atoms with Crippen LogP contribution in [0, 0.1) is 15.9 Å². The number of hydrogen-bond donors (Lipinski definition) is 1. The quantitative estimate of drug-likeness (QED) is 0.614. The Morgan fingerprint density at radius 3 is 2.74 bits per heavy atom. The first kappa shape index (κ1) is 13.9. The van der Waals surface area contributed by atoms with Gasteiger partial charge in [-0.2, -0.15) is 0 Å². The van der Waals surface area contributed by atoms with Crippen molar-refractivity contribution in [1.29, 1.82) is 0 Å². The van der Waals surface area contributed by atoms with Gasteiger partial charge in [-0.25, -0.2) is 0 Å². The predicted octanol–water partition coefficient (Wildman–Crippen LogP) is 4.18. The molecule has 2 nitrogen and oxygen atoms in total. The van der Waals surface area contributed by atoms with Gasteiger partial charge in [0, 0.05) is 19.8 Å². The average Bonchev–Trinajstić information content (AvgIpc) is 2.38. The predicted molar refractivity (Wildman–Crippen MR) is 86.5 cm³/mol. The molecule has 4 heteroatoms. The average molecular weight is 382 g/mol. The van der Waals surface area contributed by atoms with Crippen molar-refractivity contribution in [3.05, 3.63) is 62.2 Å². The number of halogens is 2. The number of benzene rings is 2. The lowest BCUT2D eigenvalue weighted by Crippen LogP contribution is -2.13. The molecule has 0 fully saturated rings. The number of carbonyl (C=O) groups is 1. The molecule has 0 aromatic heterocycles. The van der Waals surface area contributed by atoms with Crippen molar-refractivity contribution in [1.82, 2.24) is 0 Å². The molecule has 1 amide bonds. The normalized spacial score (nSPS) is 9.74. The summed E-state index contributed by atoms with van der Waals surface area (Å²) in [5.41, 5.74) is 1.98. The van der Waals surface area contributed by atoms with Crippen LogP contribution in [0.3, 0.4) is 0 Å². The van der Waals surface area contributed by atoms with Crippen LogP contribution in [0.5, 0.6) is 0 Å². The Bertz CT molecular complexity index is 676. The Kier molecular flexibility index (Phi) is 4.46. The second-order valence-corrected chi connectivity index (χ2v) is 5.40. The van der Waals surface area contributed by atoms with Gasteiger partial charge in [-0.3, -0.25) is 4.79 Å². The highest BCUT2D eigenvalue weighted by Crippen LogP contribution is 2.19. The van der Waals surface area contributed by atoms with Crippen LogP contribution in [0.4, 0.5) is 5.69 Å². The SMILES string of the molecule is C#Cc1cccc(NC(=O)c2ccc(Cl)cc2I)c1. The van der Waals surface area contributed by atoms with Gasteiger partial charge in [-0.1, -0.05) is 23.6 Å². The summed E-state index contributed by atoms with van der Waals surface area (Å²) in [7, 11) is 0. The molecule has 94 valence electrons. The van der Waals surface area contributed by atoms with Crippen molar-refractivity contribution in [3.8, 4) is 12.3 Å². The maximum atomic E-state index is 12.1. The van der Waals surface area contributed by atoms with E-state index < -0.39 is 0 Å². The number of rotatable bonds is 2. The Morgan fingerprint density at radius 1 is 1.26 bits per heavy atom. The lowest BCUT2D eigenvalue weighted by Gasteiger charge is -2.07. The smallest absolute Gasteiger partial charge is 0.256 e. The number of anilines is 1. The van der Waals surface area contributed by atoms with Gasteiger partial charge >= 0.3 is 0 Å². The number of nitrogens with one attached hydrogen (secondary N) is 1. The number of terminal acetylenes is 1. The van der Waals surface area contributed by atoms with E-state index in [2.05, 4.69) is 33.8 Å². The van der Waals surface area contributed by atoms with Crippen molar-refractivity contribution < 1.29 is 4.79 Å². The number of carbonyl (C=O) groups excluding carboxylic acids is 1. The third-order valence-electron chi connectivity index (χ3n) is 2.46. The molecule has 0 atom stereocenters. The third-order valence-corrected chi connectivity index (χ3v) is 3.59. The third kappa shape index (κ3) is 3.49. The highest BCUT2D eigenvalue weighted by atomic mass is 127. The molecule has 2 aromatic rings. The molecule has 0 unspecified atom stereocenters. The first-order valence-electron chi connectivity index (χ1n) is 5.43. The molecule has 0 saturated heterocycles. The molecular weight excluding hydrogens is 373 g/mol. The van der Waals surface area contributed by atoms with Crippen LogP contribution >= 0.6 is 34.2 Å². The van der Waals surface area contributed by atoms with E-state index in [1.54, 1.807) is 36.4 Å². The van der Waals surface area contributed by atoms with Crippen molar-refractivity contribution in [2.45, 2.75) is 0 Å². The highest BCUT2D eigenvalue weighted by Gasteiger charge is 2.10. The molecule has 0 bridgehead atoms. The molecule has 2 aromatic carbocycles. The van der Waals surface area contributed by atoms with Gasteiger partial charge in [-0.05, 0) is 59.0 Å². The van der Waals surface area contributed by atoms with Gasteiger partial charge in [0.05, 0.1) is 5.56 Å². The second kappa shape index (κ2) is 6.09. The van der Waals surface area contributed by atoms with Gasteiger partial charge in [0.2, 0.25) is 0 Å². The van der Waals surface area contributed by atoms with Crippen LogP contribution in [0.1, 0.15) is 15.9 Å². The Labute approximate surface area is 130 Å². The fourth-order valence-corrected chi connectivity index (χ4v) is 2.68. The summed E-state index contributed by atoms with van der Waals surface area (Å²) in [5, 5.41) is 3.42. The fourth-order valence-electron chi connectivity index (χ4n) is 1.56. The summed E-state index contributed by atoms with van der Waals surface area (Å²) in [6.07, 6.45) is 5.32. The summed E-state index contributed by atoms with van der Waals surface area (Å²) < 4.78 is 0.802. The first-order chi connectivity index (χ1) is 9.10. The zero-order chi connectivity index (χ0) is 13.8. The van der Waals surface area contributed by atoms with Crippen molar-refractivity contribution in [2.75, 3.05) is 5.32 Å².